The van der Waals surface area contributed by atoms with Gasteiger partial charge < -0.3 is 28.4 Å². The molecule has 0 aromatic carbocycles. The smallest absolute Gasteiger partial charge is 0.303 e. The van der Waals surface area contributed by atoms with Crippen molar-refractivity contribution in [2.24, 2.45) is 0 Å². The molecule has 0 aromatic heterocycles. The number of carbonyl (C=O) groups excluding carboxylic acids is 4. The van der Waals surface area contributed by atoms with Crippen LogP contribution in [0, 0.1) is 0 Å². The number of hydrogen-bond acceptors (Lipinski definition) is 10. The van der Waals surface area contributed by atoms with Crippen molar-refractivity contribution in [2.75, 3.05) is 13.2 Å². The molecule has 42 heavy (non-hydrogen) atoms. The van der Waals surface area contributed by atoms with Crippen molar-refractivity contribution in [3.8, 4) is 0 Å². The molecule has 0 unspecified atom stereocenters. The van der Waals surface area contributed by atoms with Crippen LogP contribution in [0.1, 0.15) is 125 Å². The molecule has 5 atom stereocenters. The van der Waals surface area contributed by atoms with Crippen molar-refractivity contribution >= 4 is 23.9 Å². The van der Waals surface area contributed by atoms with E-state index >= 15 is 0 Å². The maximum Gasteiger partial charge on any atom is 0.303 e. The lowest BCUT2D eigenvalue weighted by molar-refractivity contribution is -0.308. The second-order valence-corrected chi connectivity index (χ2v) is 10.9. The lowest BCUT2D eigenvalue weighted by Crippen LogP contribution is -2.63. The third kappa shape index (κ3) is 17.5. The Kier molecular flexibility index (Phi) is 20.6. The van der Waals surface area contributed by atoms with E-state index in [-0.39, 0.29) is 6.61 Å². The number of unbranched alkanes of at least 4 members (excludes halogenated alkanes) is 12. The van der Waals surface area contributed by atoms with Gasteiger partial charge in [0.2, 0.25) is 0 Å². The van der Waals surface area contributed by atoms with Crippen molar-refractivity contribution in [3.63, 3.8) is 0 Å². The summed E-state index contributed by atoms with van der Waals surface area (Å²) in [5.41, 5.74) is 0. The van der Waals surface area contributed by atoms with Gasteiger partial charge in [-0.05, 0) is 32.1 Å². The summed E-state index contributed by atoms with van der Waals surface area (Å²) >= 11 is 0. The quantitative estimate of drug-likeness (QED) is 0.0623. The molecular weight excluding hydrogens is 544 g/mol. The Morgan fingerprint density at radius 1 is 0.595 bits per heavy atom. The lowest BCUT2D eigenvalue weighted by atomic mass is 9.98. The van der Waals surface area contributed by atoms with Gasteiger partial charge in [0.05, 0.1) is 0 Å². The summed E-state index contributed by atoms with van der Waals surface area (Å²) in [7, 11) is 0. The topological polar surface area (TPSA) is 124 Å². The number of ether oxygens (including phenoxy) is 6. The van der Waals surface area contributed by atoms with Gasteiger partial charge in [-0.2, -0.15) is 0 Å². The van der Waals surface area contributed by atoms with Crippen molar-refractivity contribution < 1.29 is 47.6 Å². The van der Waals surface area contributed by atoms with Crippen LogP contribution in [0.25, 0.3) is 0 Å². The Hall–Kier alpha value is -2.46. The van der Waals surface area contributed by atoms with E-state index in [4.69, 9.17) is 28.4 Å². The average molecular weight is 599 g/mol. The lowest BCUT2D eigenvalue weighted by Gasteiger charge is -2.44. The summed E-state index contributed by atoms with van der Waals surface area (Å²) in [6.07, 6.45) is 15.5. The summed E-state index contributed by atoms with van der Waals surface area (Å²) in [5, 5.41) is 0. The first kappa shape index (κ1) is 37.6. The molecule has 1 fully saturated rings. The number of esters is 4. The molecule has 1 saturated heterocycles. The standard InChI is InChI=1S/C32H54O10/c1-6-7-8-9-10-11-12-13-14-15-16-17-18-19-20-21-22-37-32-31(41-27(5)36)30(40-26(4)35)29(39-25(3)34)28(42-32)23-38-24(2)33/h13-14,28-32H,6-12,15-23H2,1-5H3/b14-13-/t28-,29-,30+,31-,32-/m1/s1. The Balaban J connectivity index is 2.50. The second-order valence-electron chi connectivity index (χ2n) is 10.9. The molecule has 0 amide bonds. The first-order valence-electron chi connectivity index (χ1n) is 15.7. The maximum atomic E-state index is 11.9. The Bertz CT molecular complexity index is 811. The molecule has 10 nitrogen and oxygen atoms in total. The Labute approximate surface area is 252 Å². The van der Waals surface area contributed by atoms with Crippen LogP contribution < -0.4 is 0 Å². The van der Waals surface area contributed by atoms with E-state index in [0.717, 1.165) is 32.1 Å². The largest absolute Gasteiger partial charge is 0.463 e. The average Bonchev–Trinajstić information content (AvgIpc) is 2.91. The molecule has 1 aliphatic rings. The third-order valence-electron chi connectivity index (χ3n) is 6.89. The summed E-state index contributed by atoms with van der Waals surface area (Å²) in [4.78, 5) is 47.1. The first-order valence-corrected chi connectivity index (χ1v) is 15.7. The first-order chi connectivity index (χ1) is 20.1. The highest BCUT2D eigenvalue weighted by atomic mass is 16.7. The molecule has 0 saturated carbocycles. The van der Waals surface area contributed by atoms with E-state index in [2.05, 4.69) is 19.1 Å². The van der Waals surface area contributed by atoms with Crippen molar-refractivity contribution in [1.82, 2.24) is 0 Å². The molecule has 10 heteroatoms. The minimum Gasteiger partial charge on any atom is -0.463 e. The monoisotopic (exact) mass is 598 g/mol. The SMILES string of the molecule is CCCCCCCC/C=C\CCCCCCCCO[C@@H]1O[C@H](COC(C)=O)[C@@H](OC(C)=O)[C@H](OC(C)=O)[C@H]1OC(C)=O. The molecule has 0 aliphatic carbocycles. The van der Waals surface area contributed by atoms with E-state index in [1.54, 1.807) is 0 Å². The fourth-order valence-electron chi connectivity index (χ4n) is 4.87. The van der Waals surface area contributed by atoms with Crippen LogP contribution in [0.5, 0.6) is 0 Å². The van der Waals surface area contributed by atoms with Gasteiger partial charge in [0, 0.05) is 34.3 Å². The van der Waals surface area contributed by atoms with Crippen LogP contribution in [0.3, 0.4) is 0 Å². The van der Waals surface area contributed by atoms with Gasteiger partial charge in [-0.25, -0.2) is 0 Å². The number of allylic oxidation sites excluding steroid dienone is 2. The predicted octanol–water partition coefficient (Wildman–Crippen LogP) is 6.12. The van der Waals surface area contributed by atoms with Crippen LogP contribution in [0.4, 0.5) is 0 Å². The fraction of sp³-hybridized carbons (Fsp3) is 0.812. The maximum absolute atomic E-state index is 11.9. The molecule has 242 valence electrons. The summed E-state index contributed by atoms with van der Waals surface area (Å²) in [6.45, 7) is 7.10. The van der Waals surface area contributed by atoms with Gasteiger partial charge in [-0.15, -0.1) is 0 Å². The number of carbonyl (C=O) groups is 4. The zero-order valence-corrected chi connectivity index (χ0v) is 26.4. The molecule has 0 bridgehead atoms. The van der Waals surface area contributed by atoms with E-state index in [1.807, 2.05) is 0 Å². The highest BCUT2D eigenvalue weighted by Gasteiger charge is 2.52. The van der Waals surface area contributed by atoms with Gasteiger partial charge in [-0.1, -0.05) is 76.9 Å². The predicted molar refractivity (Wildman–Crippen MR) is 157 cm³/mol. The molecular formula is C32H54O10. The van der Waals surface area contributed by atoms with E-state index in [1.165, 1.54) is 85.5 Å². The minimum absolute atomic E-state index is 0.272. The van der Waals surface area contributed by atoms with Gasteiger partial charge in [-0.3, -0.25) is 19.2 Å². The van der Waals surface area contributed by atoms with Crippen LogP contribution in [0.15, 0.2) is 12.2 Å². The highest BCUT2D eigenvalue weighted by molar-refractivity contribution is 5.68. The molecule has 0 radical (unpaired) electrons. The molecule has 1 rings (SSSR count). The van der Waals surface area contributed by atoms with Gasteiger partial charge in [0.1, 0.15) is 12.7 Å². The van der Waals surface area contributed by atoms with Crippen LogP contribution in [-0.2, 0) is 47.6 Å². The Morgan fingerprint density at radius 2 is 1.07 bits per heavy atom. The summed E-state index contributed by atoms with van der Waals surface area (Å²) in [6, 6.07) is 0. The summed E-state index contributed by atoms with van der Waals surface area (Å²) < 4.78 is 33.2. The second kappa shape index (κ2) is 23.1. The van der Waals surface area contributed by atoms with Gasteiger partial charge in [0.25, 0.3) is 0 Å². The Morgan fingerprint density at radius 3 is 1.60 bits per heavy atom. The van der Waals surface area contributed by atoms with Crippen LogP contribution >= 0.6 is 0 Å². The van der Waals surface area contributed by atoms with Crippen LogP contribution in [-0.4, -0.2) is 67.8 Å². The highest BCUT2D eigenvalue weighted by Crippen LogP contribution is 2.30. The molecule has 0 spiro atoms. The zero-order chi connectivity index (χ0) is 31.2. The van der Waals surface area contributed by atoms with Crippen LogP contribution in [0.2, 0.25) is 0 Å². The van der Waals surface area contributed by atoms with Crippen molar-refractivity contribution in [2.45, 2.75) is 155 Å². The normalized spacial score (nSPS) is 22.1. The minimum atomic E-state index is -1.21. The van der Waals surface area contributed by atoms with Crippen molar-refractivity contribution in [1.29, 1.82) is 0 Å². The molecule has 0 N–H and O–H groups in total. The van der Waals surface area contributed by atoms with E-state index in [9.17, 15) is 19.2 Å². The zero-order valence-electron chi connectivity index (χ0n) is 26.4. The van der Waals surface area contributed by atoms with E-state index < -0.39 is 54.6 Å². The third-order valence-corrected chi connectivity index (χ3v) is 6.89. The summed E-state index contributed by atoms with van der Waals surface area (Å²) in [5.74, 6) is -2.55. The number of hydrogen-bond donors (Lipinski definition) is 0. The number of rotatable bonds is 22. The molecule has 1 aliphatic heterocycles. The fourth-order valence-corrected chi connectivity index (χ4v) is 4.87. The van der Waals surface area contributed by atoms with Crippen molar-refractivity contribution in [3.05, 3.63) is 12.2 Å². The van der Waals surface area contributed by atoms with E-state index in [0.29, 0.717) is 6.61 Å². The molecule has 0 aromatic rings. The molecule has 1 heterocycles. The van der Waals surface area contributed by atoms with Gasteiger partial charge in [0.15, 0.2) is 24.6 Å². The van der Waals surface area contributed by atoms with Gasteiger partial charge >= 0.3 is 23.9 Å².